The molecule has 2 amide bonds. The van der Waals surface area contributed by atoms with Gasteiger partial charge in [-0.25, -0.2) is 9.59 Å². The van der Waals surface area contributed by atoms with E-state index in [0.29, 0.717) is 44.8 Å². The second kappa shape index (κ2) is 16.7. The quantitative estimate of drug-likeness (QED) is 0.195. The molecule has 4 rings (SSSR count). The zero-order chi connectivity index (χ0) is 36.3. The van der Waals surface area contributed by atoms with E-state index in [1.54, 1.807) is 21.9 Å². The summed E-state index contributed by atoms with van der Waals surface area (Å²) in [5.74, 6) is 1.40. The molecule has 2 saturated heterocycles. The first-order chi connectivity index (χ1) is 22.2. The van der Waals surface area contributed by atoms with Gasteiger partial charge in [-0.15, -0.1) is 0 Å². The number of benzene rings is 2. The van der Waals surface area contributed by atoms with E-state index in [1.807, 2.05) is 72.7 Å². The third-order valence-electron chi connectivity index (χ3n) is 7.60. The average molecular weight is 675 g/mol. The standard InChI is InChI=1S/C17H24N2O5.C17H26N2O3.CH4O/c1-16(2,3)24-15(20)18-11-9-17(4,10-12-18)23-14-7-5-13(6-8-14)19(21)22;1-16(2,3)22-15(20)19-11-9-17(4,10-12-19)21-14-7-5-13(18)6-8-14;1-2/h5-8H,9-12H2,1-4H3;5-8H,9-12,18H2,1-4H3;2H,1H3. The Hall–Kier alpha value is -4.26. The van der Waals surface area contributed by atoms with Gasteiger partial charge in [0.1, 0.15) is 33.9 Å². The van der Waals surface area contributed by atoms with Crippen molar-refractivity contribution in [1.29, 1.82) is 0 Å². The molecule has 2 heterocycles. The molecule has 2 aromatic rings. The van der Waals surface area contributed by atoms with Gasteiger partial charge in [-0.05, 0) is 91.8 Å². The molecule has 0 unspecified atom stereocenters. The Morgan fingerprint density at radius 1 is 0.708 bits per heavy atom. The van der Waals surface area contributed by atoms with E-state index in [-0.39, 0.29) is 23.5 Å². The van der Waals surface area contributed by atoms with Crippen LogP contribution in [0.2, 0.25) is 0 Å². The van der Waals surface area contributed by atoms with Gasteiger partial charge >= 0.3 is 12.2 Å². The molecule has 13 nitrogen and oxygen atoms in total. The van der Waals surface area contributed by atoms with Crippen LogP contribution in [0.3, 0.4) is 0 Å². The van der Waals surface area contributed by atoms with Gasteiger partial charge in [0.15, 0.2) is 0 Å². The van der Waals surface area contributed by atoms with Gasteiger partial charge in [-0.2, -0.15) is 0 Å². The third kappa shape index (κ3) is 13.5. The molecule has 0 atom stereocenters. The van der Waals surface area contributed by atoms with E-state index < -0.39 is 21.7 Å². The number of non-ortho nitro benzene ring substituents is 1. The maximum Gasteiger partial charge on any atom is 0.410 e. The predicted octanol–water partition coefficient (Wildman–Crippen LogP) is 6.81. The molecule has 0 bridgehead atoms. The number of nitrogens with zero attached hydrogens (tertiary/aromatic N) is 3. The number of aliphatic hydroxyl groups excluding tert-OH is 1. The van der Waals surface area contributed by atoms with Crippen LogP contribution < -0.4 is 15.2 Å². The average Bonchev–Trinajstić information content (AvgIpc) is 2.99. The fraction of sp³-hybridized carbons (Fsp3) is 0.600. The van der Waals surface area contributed by atoms with Gasteiger partial charge in [-0.1, -0.05) is 0 Å². The smallest absolute Gasteiger partial charge is 0.410 e. The van der Waals surface area contributed by atoms with Crippen LogP contribution in [-0.4, -0.2) is 87.7 Å². The minimum atomic E-state index is -0.507. The number of nitrogen functional groups attached to an aromatic ring is 1. The topological polar surface area (TPSA) is 167 Å². The molecular formula is C35H54N4O9. The Bertz CT molecular complexity index is 1320. The molecule has 0 radical (unpaired) electrons. The monoisotopic (exact) mass is 674 g/mol. The van der Waals surface area contributed by atoms with E-state index in [4.69, 9.17) is 29.8 Å². The summed E-state index contributed by atoms with van der Waals surface area (Å²) in [7, 11) is 1.00. The maximum atomic E-state index is 12.1. The predicted molar refractivity (Wildman–Crippen MR) is 184 cm³/mol. The summed E-state index contributed by atoms with van der Waals surface area (Å²) in [4.78, 5) is 37.8. The zero-order valence-electron chi connectivity index (χ0n) is 29.9. The second-order valence-corrected chi connectivity index (χ2v) is 14.4. The van der Waals surface area contributed by atoms with E-state index in [2.05, 4.69) is 6.92 Å². The van der Waals surface area contributed by atoms with E-state index in [1.165, 1.54) is 12.1 Å². The molecule has 0 aromatic heterocycles. The maximum absolute atomic E-state index is 12.1. The lowest BCUT2D eigenvalue weighted by Gasteiger charge is -2.39. The molecule has 2 aromatic carbocycles. The molecular weight excluding hydrogens is 620 g/mol. The number of likely N-dealkylation sites (tertiary alicyclic amines) is 2. The van der Waals surface area contributed by atoms with Gasteiger partial charge in [0.05, 0.1) is 4.92 Å². The highest BCUT2D eigenvalue weighted by Crippen LogP contribution is 2.31. The number of anilines is 1. The molecule has 0 aliphatic carbocycles. The Labute approximate surface area is 284 Å². The van der Waals surface area contributed by atoms with Crippen molar-refractivity contribution in [3.8, 4) is 11.5 Å². The number of nitro groups is 1. The van der Waals surface area contributed by atoms with Gasteiger partial charge in [0.25, 0.3) is 5.69 Å². The van der Waals surface area contributed by atoms with Crippen LogP contribution in [0.4, 0.5) is 21.0 Å². The van der Waals surface area contributed by atoms with Gasteiger partial charge in [0.2, 0.25) is 0 Å². The summed E-state index contributed by atoms with van der Waals surface area (Å²) < 4.78 is 22.9. The molecule has 268 valence electrons. The first-order valence-corrected chi connectivity index (χ1v) is 16.1. The SMILES string of the molecule is CC(C)(C)OC(=O)N1CCC(C)(Oc2ccc(N)cc2)CC1.CC(C)(C)OC(=O)N1CCC(C)(Oc2ccc([N+](=O)[O-])cc2)CC1.CO. The molecule has 48 heavy (non-hydrogen) atoms. The Morgan fingerprint density at radius 2 is 1.02 bits per heavy atom. The van der Waals surface area contributed by atoms with Crippen LogP contribution in [0.25, 0.3) is 0 Å². The van der Waals surface area contributed by atoms with Crippen molar-refractivity contribution >= 4 is 23.6 Å². The fourth-order valence-corrected chi connectivity index (χ4v) is 4.92. The Morgan fingerprint density at radius 3 is 1.31 bits per heavy atom. The number of rotatable bonds is 5. The molecule has 0 saturated carbocycles. The van der Waals surface area contributed by atoms with Crippen molar-refractivity contribution in [2.75, 3.05) is 39.0 Å². The zero-order valence-corrected chi connectivity index (χ0v) is 29.9. The Kier molecular flexibility index (Phi) is 13.9. The van der Waals surface area contributed by atoms with E-state index in [9.17, 15) is 19.7 Å². The number of ether oxygens (including phenoxy) is 4. The number of carbonyl (C=O) groups excluding carboxylic acids is 2. The minimum Gasteiger partial charge on any atom is -0.487 e. The molecule has 0 spiro atoms. The number of hydrogen-bond acceptors (Lipinski definition) is 10. The number of nitro benzene ring substituents is 1. The van der Waals surface area contributed by atoms with Crippen molar-refractivity contribution < 1.29 is 38.6 Å². The van der Waals surface area contributed by atoms with Crippen molar-refractivity contribution in [2.24, 2.45) is 0 Å². The Balaban J connectivity index is 0.000000318. The number of aliphatic hydroxyl groups is 1. The lowest BCUT2D eigenvalue weighted by atomic mass is 9.93. The molecule has 3 N–H and O–H groups in total. The van der Waals surface area contributed by atoms with Gasteiger partial charge in [-0.3, -0.25) is 10.1 Å². The van der Waals surface area contributed by atoms with Gasteiger partial charge < -0.3 is 39.6 Å². The lowest BCUT2D eigenvalue weighted by molar-refractivity contribution is -0.384. The van der Waals surface area contributed by atoms with Crippen LogP contribution in [0.1, 0.15) is 81.1 Å². The number of piperidine rings is 2. The number of hydrogen-bond donors (Lipinski definition) is 2. The highest BCUT2D eigenvalue weighted by molar-refractivity contribution is 5.68. The highest BCUT2D eigenvalue weighted by atomic mass is 16.6. The first-order valence-electron chi connectivity index (χ1n) is 16.1. The van der Waals surface area contributed by atoms with Crippen molar-refractivity contribution in [1.82, 2.24) is 9.80 Å². The van der Waals surface area contributed by atoms with Gasteiger partial charge in [0, 0.05) is 76.8 Å². The molecule has 2 fully saturated rings. The first kappa shape index (κ1) is 39.9. The lowest BCUT2D eigenvalue weighted by Crippen LogP contribution is -2.49. The van der Waals surface area contributed by atoms with Crippen molar-refractivity contribution in [2.45, 2.75) is 103 Å². The molecule has 13 heteroatoms. The van der Waals surface area contributed by atoms with E-state index >= 15 is 0 Å². The van der Waals surface area contributed by atoms with Crippen LogP contribution >= 0.6 is 0 Å². The summed E-state index contributed by atoms with van der Waals surface area (Å²) >= 11 is 0. The second-order valence-electron chi connectivity index (χ2n) is 14.4. The number of nitrogens with two attached hydrogens (primary N) is 1. The van der Waals surface area contributed by atoms with Crippen LogP contribution in [0.15, 0.2) is 48.5 Å². The summed E-state index contributed by atoms with van der Waals surface area (Å²) in [6.45, 7) is 17.6. The molecule has 2 aliphatic heterocycles. The van der Waals surface area contributed by atoms with E-state index in [0.717, 1.165) is 31.4 Å². The summed E-state index contributed by atoms with van der Waals surface area (Å²) in [5.41, 5.74) is 4.79. The van der Waals surface area contributed by atoms with Crippen molar-refractivity contribution in [3.63, 3.8) is 0 Å². The van der Waals surface area contributed by atoms with Crippen LogP contribution in [0, 0.1) is 10.1 Å². The fourth-order valence-electron chi connectivity index (χ4n) is 4.92. The largest absolute Gasteiger partial charge is 0.487 e. The summed E-state index contributed by atoms with van der Waals surface area (Å²) in [6, 6.07) is 13.5. The van der Waals surface area contributed by atoms with Crippen LogP contribution in [0.5, 0.6) is 11.5 Å². The number of amides is 2. The minimum absolute atomic E-state index is 0.0345. The van der Waals surface area contributed by atoms with Crippen LogP contribution in [-0.2, 0) is 9.47 Å². The summed E-state index contributed by atoms with van der Waals surface area (Å²) in [6.07, 6.45) is 2.33. The van der Waals surface area contributed by atoms with Crippen molar-refractivity contribution in [3.05, 3.63) is 58.6 Å². The summed E-state index contributed by atoms with van der Waals surface area (Å²) in [5, 5.41) is 17.7. The normalized spacial score (nSPS) is 17.0. The highest BCUT2D eigenvalue weighted by Gasteiger charge is 2.36. The number of carbonyl (C=O) groups is 2. The molecule has 2 aliphatic rings. The third-order valence-corrected chi connectivity index (χ3v) is 7.60.